The Morgan fingerprint density at radius 1 is 1.06 bits per heavy atom. The van der Waals surface area contributed by atoms with Gasteiger partial charge in [0.1, 0.15) is 0 Å². The molecule has 1 heteroatoms. The Labute approximate surface area is 111 Å². The average molecular weight is 243 g/mol. The number of likely N-dealkylation sites (N-methyl/N-ethyl adjacent to an activating group) is 1. The molecule has 98 valence electrons. The zero-order chi connectivity index (χ0) is 12.4. The molecule has 2 atom stereocenters. The van der Waals surface area contributed by atoms with Crippen LogP contribution < -0.4 is 5.32 Å². The van der Waals surface area contributed by atoms with Crippen LogP contribution in [-0.2, 0) is 6.42 Å². The van der Waals surface area contributed by atoms with Crippen molar-refractivity contribution in [1.29, 1.82) is 0 Å². The molecule has 1 saturated carbocycles. The zero-order valence-corrected chi connectivity index (χ0v) is 11.5. The number of hydrogen-bond donors (Lipinski definition) is 1. The molecule has 0 spiro atoms. The van der Waals surface area contributed by atoms with Gasteiger partial charge in [0.25, 0.3) is 0 Å². The number of aryl methyl sites for hydroxylation is 1. The van der Waals surface area contributed by atoms with Gasteiger partial charge in [0.15, 0.2) is 0 Å². The third-order valence-corrected chi connectivity index (χ3v) is 5.10. The minimum absolute atomic E-state index is 0.703. The smallest absolute Gasteiger partial charge is 0.0161 e. The van der Waals surface area contributed by atoms with Crippen LogP contribution in [-0.4, -0.2) is 13.1 Å². The van der Waals surface area contributed by atoms with Crippen LogP contribution in [0.4, 0.5) is 0 Å². The molecule has 2 aliphatic rings. The van der Waals surface area contributed by atoms with Gasteiger partial charge in [0.05, 0.1) is 0 Å². The van der Waals surface area contributed by atoms with Crippen molar-refractivity contribution in [1.82, 2.24) is 5.32 Å². The second-order valence-corrected chi connectivity index (χ2v) is 6.06. The van der Waals surface area contributed by atoms with Gasteiger partial charge in [-0.05, 0) is 49.8 Å². The summed E-state index contributed by atoms with van der Waals surface area (Å²) in [6.45, 7) is 0. The second-order valence-electron chi connectivity index (χ2n) is 6.06. The summed E-state index contributed by atoms with van der Waals surface area (Å²) in [5.74, 6) is 1.66. The van der Waals surface area contributed by atoms with E-state index in [9.17, 15) is 0 Å². The monoisotopic (exact) mass is 243 g/mol. The van der Waals surface area contributed by atoms with Crippen LogP contribution in [0.5, 0.6) is 0 Å². The van der Waals surface area contributed by atoms with Gasteiger partial charge in [0.2, 0.25) is 0 Å². The molecule has 0 aliphatic heterocycles. The molecule has 3 rings (SSSR count). The first-order valence-corrected chi connectivity index (χ1v) is 7.65. The van der Waals surface area contributed by atoms with E-state index in [2.05, 4.69) is 36.6 Å². The maximum absolute atomic E-state index is 3.65. The molecule has 1 aromatic rings. The molecule has 1 nitrogen and oxygen atoms in total. The highest BCUT2D eigenvalue weighted by Crippen LogP contribution is 2.40. The molecule has 0 amide bonds. The summed E-state index contributed by atoms with van der Waals surface area (Å²) in [7, 11) is 2.17. The molecule has 0 heterocycles. The topological polar surface area (TPSA) is 12.0 Å². The zero-order valence-electron chi connectivity index (χ0n) is 11.5. The van der Waals surface area contributed by atoms with E-state index in [0.717, 1.165) is 11.8 Å². The van der Waals surface area contributed by atoms with E-state index >= 15 is 0 Å². The van der Waals surface area contributed by atoms with E-state index in [1.807, 2.05) is 0 Å². The molecule has 0 radical (unpaired) electrons. The van der Waals surface area contributed by atoms with Crippen molar-refractivity contribution >= 4 is 0 Å². The van der Waals surface area contributed by atoms with Gasteiger partial charge in [-0.2, -0.15) is 0 Å². The second kappa shape index (κ2) is 5.44. The lowest BCUT2D eigenvalue weighted by Crippen LogP contribution is -2.39. The van der Waals surface area contributed by atoms with Gasteiger partial charge in [-0.3, -0.25) is 0 Å². The standard InChI is InChI=1S/C17H25N/c1-18-17(14-8-3-2-4-9-14)16-12-11-13-7-5-6-10-15(13)16/h5-7,10,14,16-18H,2-4,8-9,11-12H2,1H3. The summed E-state index contributed by atoms with van der Waals surface area (Å²) in [4.78, 5) is 0. The van der Waals surface area contributed by atoms with Crippen LogP contribution in [0, 0.1) is 5.92 Å². The van der Waals surface area contributed by atoms with Crippen molar-refractivity contribution in [2.75, 3.05) is 7.05 Å². The van der Waals surface area contributed by atoms with Crippen LogP contribution in [0.25, 0.3) is 0 Å². The molecular weight excluding hydrogens is 218 g/mol. The fourth-order valence-electron chi connectivity index (χ4n) is 4.22. The summed E-state index contributed by atoms with van der Waals surface area (Å²) < 4.78 is 0. The van der Waals surface area contributed by atoms with Gasteiger partial charge < -0.3 is 5.32 Å². The average Bonchev–Trinajstić information content (AvgIpc) is 2.85. The van der Waals surface area contributed by atoms with Crippen LogP contribution in [0.15, 0.2) is 24.3 Å². The molecule has 1 fully saturated rings. The van der Waals surface area contributed by atoms with Crippen molar-refractivity contribution in [3.05, 3.63) is 35.4 Å². The Morgan fingerprint density at radius 3 is 2.61 bits per heavy atom. The van der Waals surface area contributed by atoms with E-state index in [1.54, 1.807) is 11.1 Å². The lowest BCUT2D eigenvalue weighted by molar-refractivity contribution is 0.248. The van der Waals surface area contributed by atoms with E-state index in [4.69, 9.17) is 0 Å². The molecule has 18 heavy (non-hydrogen) atoms. The predicted molar refractivity (Wildman–Crippen MR) is 76.9 cm³/mol. The lowest BCUT2D eigenvalue weighted by Gasteiger charge is -2.34. The predicted octanol–water partition coefficient (Wildman–Crippen LogP) is 3.88. The van der Waals surface area contributed by atoms with Gasteiger partial charge in [-0.15, -0.1) is 0 Å². The first-order valence-electron chi connectivity index (χ1n) is 7.65. The largest absolute Gasteiger partial charge is 0.316 e. The highest BCUT2D eigenvalue weighted by molar-refractivity contribution is 5.36. The third kappa shape index (κ3) is 2.21. The maximum atomic E-state index is 3.65. The van der Waals surface area contributed by atoms with Crippen LogP contribution in [0.2, 0.25) is 0 Å². The summed E-state index contributed by atoms with van der Waals surface area (Å²) in [5, 5.41) is 3.65. The number of rotatable bonds is 3. The molecule has 0 aromatic heterocycles. The van der Waals surface area contributed by atoms with Crippen molar-refractivity contribution in [2.45, 2.75) is 56.9 Å². The van der Waals surface area contributed by atoms with Crippen molar-refractivity contribution in [3.63, 3.8) is 0 Å². The minimum Gasteiger partial charge on any atom is -0.316 e. The van der Waals surface area contributed by atoms with E-state index in [0.29, 0.717) is 6.04 Å². The van der Waals surface area contributed by atoms with Gasteiger partial charge in [-0.1, -0.05) is 43.5 Å². The van der Waals surface area contributed by atoms with E-state index < -0.39 is 0 Å². The highest BCUT2D eigenvalue weighted by Gasteiger charge is 2.33. The van der Waals surface area contributed by atoms with E-state index in [1.165, 1.54) is 44.9 Å². The highest BCUT2D eigenvalue weighted by atomic mass is 14.9. The molecular formula is C17H25N. The number of hydrogen-bond acceptors (Lipinski definition) is 1. The summed E-state index contributed by atoms with van der Waals surface area (Å²) >= 11 is 0. The summed E-state index contributed by atoms with van der Waals surface area (Å²) in [6.07, 6.45) is 9.84. The molecule has 2 aliphatic carbocycles. The fourth-order valence-corrected chi connectivity index (χ4v) is 4.22. The van der Waals surface area contributed by atoms with Crippen LogP contribution in [0.1, 0.15) is 55.6 Å². The van der Waals surface area contributed by atoms with Crippen LogP contribution in [0.3, 0.4) is 0 Å². The lowest BCUT2D eigenvalue weighted by atomic mass is 9.77. The number of fused-ring (bicyclic) bond motifs is 1. The number of benzene rings is 1. The Hall–Kier alpha value is -0.820. The van der Waals surface area contributed by atoms with Crippen molar-refractivity contribution in [3.8, 4) is 0 Å². The SMILES string of the molecule is CNC(C1CCCCC1)C1CCc2ccccc21. The molecule has 0 saturated heterocycles. The van der Waals surface area contributed by atoms with Gasteiger partial charge in [-0.25, -0.2) is 0 Å². The summed E-state index contributed by atoms with van der Waals surface area (Å²) in [5.41, 5.74) is 3.22. The third-order valence-electron chi connectivity index (χ3n) is 5.10. The first-order chi connectivity index (χ1) is 8.90. The maximum Gasteiger partial charge on any atom is 0.0161 e. The number of nitrogens with one attached hydrogen (secondary N) is 1. The normalized spacial score (nSPS) is 25.9. The van der Waals surface area contributed by atoms with E-state index in [-0.39, 0.29) is 0 Å². The molecule has 1 N–H and O–H groups in total. The Morgan fingerprint density at radius 2 is 1.83 bits per heavy atom. The minimum atomic E-state index is 0.703. The van der Waals surface area contributed by atoms with Crippen molar-refractivity contribution < 1.29 is 0 Å². The quantitative estimate of drug-likeness (QED) is 0.849. The Bertz CT molecular complexity index is 392. The molecule has 1 aromatic carbocycles. The van der Waals surface area contributed by atoms with Crippen molar-refractivity contribution in [2.24, 2.45) is 5.92 Å². The fraction of sp³-hybridized carbons (Fsp3) is 0.647. The van der Waals surface area contributed by atoms with Gasteiger partial charge in [0, 0.05) is 12.0 Å². The molecule has 2 unspecified atom stereocenters. The first kappa shape index (κ1) is 12.2. The van der Waals surface area contributed by atoms with Crippen LogP contribution >= 0.6 is 0 Å². The Balaban J connectivity index is 1.80. The molecule has 0 bridgehead atoms. The van der Waals surface area contributed by atoms with Gasteiger partial charge >= 0.3 is 0 Å². The summed E-state index contributed by atoms with van der Waals surface area (Å²) in [6, 6.07) is 9.79. The Kier molecular flexibility index (Phi) is 3.69.